The average Bonchev–Trinajstić information content (AvgIpc) is 3.43. The van der Waals surface area contributed by atoms with Gasteiger partial charge in [-0.25, -0.2) is 13.6 Å². The molecule has 0 spiro atoms. The van der Waals surface area contributed by atoms with Gasteiger partial charge in [0.05, 0.1) is 12.5 Å². The first-order valence-electron chi connectivity index (χ1n) is 11.9. The van der Waals surface area contributed by atoms with E-state index in [4.69, 9.17) is 0 Å². The van der Waals surface area contributed by atoms with Gasteiger partial charge in [-0.1, -0.05) is 30.3 Å². The van der Waals surface area contributed by atoms with E-state index in [9.17, 15) is 33.7 Å². The maximum absolute atomic E-state index is 13.7. The van der Waals surface area contributed by atoms with Crippen LogP contribution in [0, 0.1) is 11.3 Å². The van der Waals surface area contributed by atoms with Crippen molar-refractivity contribution >= 4 is 19.1 Å². The summed E-state index contributed by atoms with van der Waals surface area (Å²) in [6.45, 7) is 3.60. The van der Waals surface area contributed by atoms with E-state index in [1.54, 1.807) is 18.7 Å². The van der Waals surface area contributed by atoms with Crippen LogP contribution < -0.4 is 10.6 Å². The van der Waals surface area contributed by atoms with E-state index in [0.717, 1.165) is 5.56 Å². The number of benzene rings is 1. The van der Waals surface area contributed by atoms with Crippen molar-refractivity contribution in [2.75, 3.05) is 26.2 Å². The summed E-state index contributed by atoms with van der Waals surface area (Å²) in [4.78, 5) is 28.4. The Morgan fingerprint density at radius 3 is 2.58 bits per heavy atom. The van der Waals surface area contributed by atoms with Gasteiger partial charge in [0.15, 0.2) is 0 Å². The lowest BCUT2D eigenvalue weighted by molar-refractivity contribution is -0.125. The molecule has 0 saturated carbocycles. The highest BCUT2D eigenvalue weighted by atomic mass is 19.3. The number of hydrogen-bond acceptors (Lipinski definition) is 6. The minimum atomic E-state index is -2.79. The van der Waals surface area contributed by atoms with Crippen molar-refractivity contribution in [2.24, 2.45) is 0 Å². The SMILES string of the molecule is CC(C)(/C=C(\C#N)C(=O)N1CC[C@H](NC(=O)N[C@@H](Cc2ccccc2)B(O)O)C1)N1CCC(F)(F)C1. The Morgan fingerprint density at radius 1 is 1.31 bits per heavy atom. The summed E-state index contributed by atoms with van der Waals surface area (Å²) in [5, 5.41) is 34.2. The molecule has 2 aliphatic rings. The minimum absolute atomic E-state index is 0.133. The molecular weight excluding hydrogens is 471 g/mol. The lowest BCUT2D eigenvalue weighted by Crippen LogP contribution is -2.53. The molecule has 2 aliphatic heterocycles. The third-order valence-corrected chi connectivity index (χ3v) is 6.62. The lowest BCUT2D eigenvalue weighted by atomic mass is 9.76. The van der Waals surface area contributed by atoms with Crippen molar-refractivity contribution in [3.05, 3.63) is 47.5 Å². The van der Waals surface area contributed by atoms with Crippen molar-refractivity contribution in [1.82, 2.24) is 20.4 Å². The summed E-state index contributed by atoms with van der Waals surface area (Å²) in [7, 11) is -1.76. The smallest absolute Gasteiger partial charge is 0.426 e. The number of amides is 3. The predicted octanol–water partition coefficient (Wildman–Crippen LogP) is 1.08. The van der Waals surface area contributed by atoms with E-state index in [-0.39, 0.29) is 31.5 Å². The Kier molecular flexibility index (Phi) is 8.71. The molecule has 2 fully saturated rings. The summed E-state index contributed by atoms with van der Waals surface area (Å²) in [6.07, 6.45) is 1.84. The Hall–Kier alpha value is -3.01. The molecule has 2 heterocycles. The standard InChI is InChI=1S/C24H32BF2N5O4/c1-23(2,32-11-9-24(26,27)16-32)13-18(14-28)21(33)31-10-8-19(15-31)29-22(34)30-20(25(35)36)12-17-6-4-3-5-7-17/h3-7,13,19-20,35-36H,8-12,15-16H2,1-2H3,(H2,29,30,34)/b18-13+/t19-,20-/m0/s1. The van der Waals surface area contributed by atoms with Crippen LogP contribution in [0.4, 0.5) is 13.6 Å². The number of urea groups is 1. The third-order valence-electron chi connectivity index (χ3n) is 6.62. The van der Waals surface area contributed by atoms with Crippen LogP contribution in [0.2, 0.25) is 0 Å². The zero-order valence-electron chi connectivity index (χ0n) is 20.5. The molecule has 0 aliphatic carbocycles. The molecule has 9 nitrogen and oxygen atoms in total. The topological polar surface area (TPSA) is 129 Å². The second-order valence-electron chi connectivity index (χ2n) is 9.92. The van der Waals surface area contributed by atoms with Crippen LogP contribution in [0.25, 0.3) is 0 Å². The second kappa shape index (κ2) is 11.4. The number of nitriles is 1. The first-order chi connectivity index (χ1) is 16.9. The van der Waals surface area contributed by atoms with Gasteiger partial charge in [0, 0.05) is 37.6 Å². The predicted molar refractivity (Wildman–Crippen MR) is 130 cm³/mol. The van der Waals surface area contributed by atoms with E-state index >= 15 is 0 Å². The number of rotatable bonds is 8. The molecule has 0 bridgehead atoms. The van der Waals surface area contributed by atoms with Crippen molar-refractivity contribution < 1.29 is 28.4 Å². The first kappa shape index (κ1) is 27.6. The fraction of sp³-hybridized carbons (Fsp3) is 0.542. The Bertz CT molecular complexity index is 1020. The third kappa shape index (κ3) is 7.26. The first-order valence-corrected chi connectivity index (χ1v) is 11.9. The molecular formula is C24H32BF2N5O4. The number of nitrogens with zero attached hydrogens (tertiary/aromatic N) is 3. The van der Waals surface area contributed by atoms with Crippen LogP contribution in [-0.2, 0) is 11.2 Å². The summed E-state index contributed by atoms with van der Waals surface area (Å²) in [6, 6.07) is 9.98. The number of carbonyl (C=O) groups is 2. The molecule has 2 atom stereocenters. The lowest BCUT2D eigenvalue weighted by Gasteiger charge is -2.33. The Labute approximate surface area is 209 Å². The highest BCUT2D eigenvalue weighted by molar-refractivity contribution is 6.43. The van der Waals surface area contributed by atoms with Crippen LogP contribution in [0.5, 0.6) is 0 Å². The molecule has 36 heavy (non-hydrogen) atoms. The molecule has 4 N–H and O–H groups in total. The van der Waals surface area contributed by atoms with Gasteiger partial charge in [-0.15, -0.1) is 0 Å². The number of carbonyl (C=O) groups excluding carboxylic acids is 2. The van der Waals surface area contributed by atoms with E-state index in [2.05, 4.69) is 10.6 Å². The van der Waals surface area contributed by atoms with Gasteiger partial charge in [0.1, 0.15) is 11.6 Å². The Balaban J connectivity index is 1.56. The number of alkyl halides is 2. The van der Waals surface area contributed by atoms with Gasteiger partial charge in [-0.05, 0) is 38.3 Å². The highest BCUT2D eigenvalue weighted by Gasteiger charge is 2.43. The maximum atomic E-state index is 13.7. The fourth-order valence-electron chi connectivity index (χ4n) is 4.54. The van der Waals surface area contributed by atoms with Crippen molar-refractivity contribution in [2.45, 2.75) is 56.6 Å². The van der Waals surface area contributed by atoms with Gasteiger partial charge in [-0.2, -0.15) is 5.26 Å². The monoisotopic (exact) mass is 503 g/mol. The molecule has 1 aromatic carbocycles. The van der Waals surface area contributed by atoms with E-state index in [1.165, 1.54) is 11.0 Å². The van der Waals surface area contributed by atoms with Gasteiger partial charge < -0.3 is 25.6 Å². The van der Waals surface area contributed by atoms with Gasteiger partial charge >= 0.3 is 13.1 Å². The van der Waals surface area contributed by atoms with E-state index in [1.807, 2.05) is 36.4 Å². The molecule has 3 amide bonds. The number of nitrogens with one attached hydrogen (secondary N) is 2. The van der Waals surface area contributed by atoms with Crippen LogP contribution in [-0.4, -0.2) is 88.5 Å². The molecule has 12 heteroatoms. The molecule has 194 valence electrons. The number of halogens is 2. The van der Waals surface area contributed by atoms with Crippen LogP contribution in [0.1, 0.15) is 32.3 Å². The normalized spacial score (nSPS) is 21.1. The quantitative estimate of drug-likeness (QED) is 0.239. The fourth-order valence-corrected chi connectivity index (χ4v) is 4.54. The van der Waals surface area contributed by atoms with Crippen LogP contribution in [0.3, 0.4) is 0 Å². The van der Waals surface area contributed by atoms with E-state index in [0.29, 0.717) is 13.0 Å². The summed E-state index contributed by atoms with van der Waals surface area (Å²) in [5.41, 5.74) is -0.215. The largest absolute Gasteiger partial charge is 0.475 e. The zero-order chi connectivity index (χ0) is 26.5. The Morgan fingerprint density at radius 2 is 2.00 bits per heavy atom. The number of hydrogen-bond donors (Lipinski definition) is 4. The zero-order valence-corrected chi connectivity index (χ0v) is 20.5. The van der Waals surface area contributed by atoms with Gasteiger partial charge in [0.25, 0.3) is 11.8 Å². The average molecular weight is 503 g/mol. The summed E-state index contributed by atoms with van der Waals surface area (Å²) in [5.74, 6) is -4.24. The minimum Gasteiger partial charge on any atom is -0.426 e. The molecule has 0 aromatic heterocycles. The number of likely N-dealkylation sites (tertiary alicyclic amines) is 2. The van der Waals surface area contributed by atoms with Crippen molar-refractivity contribution in [1.29, 1.82) is 5.26 Å². The molecule has 2 saturated heterocycles. The van der Waals surface area contributed by atoms with Crippen molar-refractivity contribution in [3.63, 3.8) is 0 Å². The molecule has 0 unspecified atom stereocenters. The highest BCUT2D eigenvalue weighted by Crippen LogP contribution is 2.33. The molecule has 1 aromatic rings. The van der Waals surface area contributed by atoms with Crippen LogP contribution in [0.15, 0.2) is 42.0 Å². The molecule has 0 radical (unpaired) electrons. The summed E-state index contributed by atoms with van der Waals surface area (Å²) >= 11 is 0. The van der Waals surface area contributed by atoms with Gasteiger partial charge in [0.2, 0.25) is 0 Å². The van der Waals surface area contributed by atoms with Crippen LogP contribution >= 0.6 is 0 Å². The summed E-state index contributed by atoms with van der Waals surface area (Å²) < 4.78 is 27.3. The second-order valence-corrected chi connectivity index (χ2v) is 9.92. The van der Waals surface area contributed by atoms with Crippen molar-refractivity contribution in [3.8, 4) is 6.07 Å². The van der Waals surface area contributed by atoms with Gasteiger partial charge in [-0.3, -0.25) is 9.69 Å². The maximum Gasteiger partial charge on any atom is 0.475 e. The molecule has 3 rings (SSSR count). The van der Waals surface area contributed by atoms with E-state index < -0.39 is 49.0 Å².